The molecule has 0 unspecified atom stereocenters. The molecule has 7 nitrogen and oxygen atoms in total. The van der Waals surface area contributed by atoms with E-state index in [4.69, 9.17) is 26.2 Å². The fourth-order valence-electron chi connectivity index (χ4n) is 4.07. The number of nitrogens with zero attached hydrogens (tertiary/aromatic N) is 2. The number of hydrogen-bond donors (Lipinski definition) is 3. The second-order valence-corrected chi connectivity index (χ2v) is 8.30. The molecule has 1 heterocycles. The van der Waals surface area contributed by atoms with E-state index >= 15 is 0 Å². The van der Waals surface area contributed by atoms with Gasteiger partial charge in [0.2, 0.25) is 5.71 Å². The number of benzene rings is 2. The van der Waals surface area contributed by atoms with Gasteiger partial charge in [-0.05, 0) is 68.0 Å². The molecule has 1 aliphatic heterocycles. The van der Waals surface area contributed by atoms with Gasteiger partial charge in [0, 0.05) is 24.2 Å². The fraction of sp³-hybridized carbons (Fsp3) is 0.346. The minimum absolute atomic E-state index is 0.0199. The predicted molar refractivity (Wildman–Crippen MR) is 126 cm³/mol. The summed E-state index contributed by atoms with van der Waals surface area (Å²) in [7, 11) is 0. The van der Waals surface area contributed by atoms with Crippen LogP contribution < -0.4 is 11.1 Å². The maximum absolute atomic E-state index is 13.2. The Labute approximate surface area is 194 Å². The molecule has 1 fully saturated rings. The standard InChI is InChI=1S/C26H30N4O3/c1-17-3-6-22(15-23(17)24(28)18(2)25(29)33-14-13-31)26(32)30-11-9-21(10-12-30)20-7-4-19(16-27)5-8-20/h3-8,15,21,28,31H,9-14,29H2,1-2H3/p+1/b25-18+,28-24?. The van der Waals surface area contributed by atoms with E-state index < -0.39 is 0 Å². The van der Waals surface area contributed by atoms with Crippen LogP contribution >= 0.6 is 0 Å². The topological polar surface area (TPSA) is 125 Å². The first-order valence-electron chi connectivity index (χ1n) is 11.1. The van der Waals surface area contributed by atoms with Gasteiger partial charge < -0.3 is 20.5 Å². The van der Waals surface area contributed by atoms with Gasteiger partial charge in [-0.2, -0.15) is 5.26 Å². The summed E-state index contributed by atoms with van der Waals surface area (Å²) >= 11 is 0. The van der Waals surface area contributed by atoms with Crippen molar-refractivity contribution < 1.29 is 20.0 Å². The number of rotatable bonds is 7. The number of ether oxygens (including phenoxy) is 1. The van der Waals surface area contributed by atoms with Crippen molar-refractivity contribution in [3.8, 4) is 6.07 Å². The number of aliphatic hydroxyl groups excluding tert-OH is 1. The molecule has 2 aromatic carbocycles. The Bertz CT molecular complexity index is 1090. The molecule has 0 aliphatic carbocycles. The molecule has 2 aromatic rings. The Balaban J connectivity index is 1.71. The number of hydrogen-bond acceptors (Lipinski definition) is 5. The Kier molecular flexibility index (Phi) is 7.86. The second-order valence-electron chi connectivity index (χ2n) is 8.30. The van der Waals surface area contributed by atoms with Gasteiger partial charge >= 0.3 is 0 Å². The van der Waals surface area contributed by atoms with Crippen molar-refractivity contribution in [3.63, 3.8) is 0 Å². The summed E-state index contributed by atoms with van der Waals surface area (Å²) in [5.41, 5.74) is 11.1. The highest BCUT2D eigenvalue weighted by Crippen LogP contribution is 2.29. The van der Waals surface area contributed by atoms with Crippen molar-refractivity contribution in [2.75, 3.05) is 26.3 Å². The molecule has 172 valence electrons. The molecule has 7 heteroatoms. The van der Waals surface area contributed by atoms with E-state index in [-0.39, 0.29) is 25.0 Å². The van der Waals surface area contributed by atoms with Crippen LogP contribution in [0.25, 0.3) is 0 Å². The van der Waals surface area contributed by atoms with E-state index in [1.165, 1.54) is 5.56 Å². The summed E-state index contributed by atoms with van der Waals surface area (Å²) in [5.74, 6) is 0.519. The van der Waals surface area contributed by atoms with Gasteiger partial charge in [0.05, 0.1) is 23.8 Å². The predicted octanol–water partition coefficient (Wildman–Crippen LogP) is 1.63. The van der Waals surface area contributed by atoms with Crippen molar-refractivity contribution in [1.82, 2.24) is 4.90 Å². The quantitative estimate of drug-likeness (QED) is 0.439. The van der Waals surface area contributed by atoms with Crippen LogP contribution in [-0.4, -0.2) is 47.9 Å². The Morgan fingerprint density at radius 3 is 2.52 bits per heavy atom. The van der Waals surface area contributed by atoms with Gasteiger partial charge in [0.1, 0.15) is 6.61 Å². The highest BCUT2D eigenvalue weighted by Gasteiger charge is 2.26. The third-order valence-corrected chi connectivity index (χ3v) is 6.19. The van der Waals surface area contributed by atoms with E-state index in [2.05, 4.69) is 6.07 Å². The summed E-state index contributed by atoms with van der Waals surface area (Å²) in [6.07, 6.45) is 1.76. The summed E-state index contributed by atoms with van der Waals surface area (Å²) in [6.45, 7) is 4.98. The molecule has 0 radical (unpaired) electrons. The van der Waals surface area contributed by atoms with Crippen LogP contribution in [0.5, 0.6) is 0 Å². The summed E-state index contributed by atoms with van der Waals surface area (Å²) in [6, 6.07) is 15.4. The number of nitrogens with two attached hydrogens (primary N) is 2. The molecule has 3 rings (SSSR count). The highest BCUT2D eigenvalue weighted by atomic mass is 16.5. The van der Waals surface area contributed by atoms with Gasteiger partial charge in [0.25, 0.3) is 5.91 Å². The fourth-order valence-corrected chi connectivity index (χ4v) is 4.07. The molecule has 0 aromatic heterocycles. The van der Waals surface area contributed by atoms with Gasteiger partial charge in [-0.15, -0.1) is 0 Å². The number of piperidine rings is 1. The molecular formula is C26H31N4O3+. The zero-order valence-electron chi connectivity index (χ0n) is 19.2. The number of allylic oxidation sites excluding steroid dienone is 1. The zero-order chi connectivity index (χ0) is 24.0. The van der Waals surface area contributed by atoms with Crippen LogP contribution in [0.1, 0.15) is 58.3 Å². The van der Waals surface area contributed by atoms with E-state index in [0.717, 1.165) is 24.0 Å². The van der Waals surface area contributed by atoms with E-state index in [1.54, 1.807) is 6.92 Å². The van der Waals surface area contributed by atoms with Crippen molar-refractivity contribution in [2.24, 2.45) is 5.73 Å². The van der Waals surface area contributed by atoms with Gasteiger partial charge in [-0.3, -0.25) is 10.2 Å². The van der Waals surface area contributed by atoms with Crippen molar-refractivity contribution >= 4 is 11.6 Å². The van der Waals surface area contributed by atoms with Crippen molar-refractivity contribution in [2.45, 2.75) is 32.6 Å². The molecule has 5 N–H and O–H groups in total. The second kappa shape index (κ2) is 10.8. The number of carbonyl (C=O) groups is 1. The molecule has 0 saturated carbocycles. The maximum atomic E-state index is 13.2. The lowest BCUT2D eigenvalue weighted by molar-refractivity contribution is -0.112. The van der Waals surface area contributed by atoms with Crippen molar-refractivity contribution in [3.05, 3.63) is 81.7 Å². The van der Waals surface area contributed by atoms with Crippen LogP contribution in [-0.2, 0) is 4.74 Å². The third-order valence-electron chi connectivity index (χ3n) is 6.19. The number of aryl methyl sites for hydroxylation is 1. The smallest absolute Gasteiger partial charge is 0.253 e. The Morgan fingerprint density at radius 1 is 1.24 bits per heavy atom. The molecule has 1 aliphatic rings. The number of carbonyl (C=O) groups excluding carboxylic acids is 1. The van der Waals surface area contributed by atoms with E-state index in [1.807, 2.05) is 54.3 Å². The lowest BCUT2D eigenvalue weighted by atomic mass is 9.88. The molecule has 0 atom stereocenters. The first-order valence-corrected chi connectivity index (χ1v) is 11.1. The molecule has 0 spiro atoms. The number of amides is 1. The van der Waals surface area contributed by atoms with Gasteiger partial charge in [-0.1, -0.05) is 18.2 Å². The van der Waals surface area contributed by atoms with Crippen LogP contribution in [0.3, 0.4) is 0 Å². The first-order chi connectivity index (χ1) is 15.8. The van der Waals surface area contributed by atoms with Crippen LogP contribution in [0.4, 0.5) is 0 Å². The van der Waals surface area contributed by atoms with Crippen LogP contribution in [0.2, 0.25) is 0 Å². The van der Waals surface area contributed by atoms with Crippen LogP contribution in [0, 0.1) is 18.3 Å². The first kappa shape index (κ1) is 24.0. The zero-order valence-corrected chi connectivity index (χ0v) is 19.2. The molecule has 1 amide bonds. The average Bonchev–Trinajstić information content (AvgIpc) is 2.86. The minimum atomic E-state index is -0.140. The van der Waals surface area contributed by atoms with Gasteiger partial charge in [0.15, 0.2) is 5.88 Å². The van der Waals surface area contributed by atoms with E-state index in [9.17, 15) is 4.79 Å². The van der Waals surface area contributed by atoms with Gasteiger partial charge in [-0.25, -0.2) is 0 Å². The largest absolute Gasteiger partial charge is 0.477 e. The highest BCUT2D eigenvalue weighted by molar-refractivity contribution is 6.10. The molecule has 0 bridgehead atoms. The lowest BCUT2D eigenvalue weighted by Gasteiger charge is -2.32. The number of nitriles is 1. The Hall–Kier alpha value is -3.63. The van der Waals surface area contributed by atoms with Crippen molar-refractivity contribution in [1.29, 1.82) is 5.26 Å². The normalized spacial score (nSPS) is 14.9. The monoisotopic (exact) mass is 447 g/mol. The molecule has 33 heavy (non-hydrogen) atoms. The maximum Gasteiger partial charge on any atom is 0.253 e. The van der Waals surface area contributed by atoms with Crippen LogP contribution in [0.15, 0.2) is 53.9 Å². The molecular weight excluding hydrogens is 416 g/mol. The number of aliphatic hydroxyl groups is 1. The SMILES string of the molecule is C/C(C(=[NH2+])c1cc(C(=O)N2CCC(c3ccc(C#N)cc3)CC2)ccc1C)=C(/N)OCCO. The van der Waals surface area contributed by atoms with E-state index in [0.29, 0.717) is 41.4 Å². The summed E-state index contributed by atoms with van der Waals surface area (Å²) in [4.78, 5) is 15.1. The third kappa shape index (κ3) is 5.60. The minimum Gasteiger partial charge on any atom is -0.477 e. The lowest BCUT2D eigenvalue weighted by Crippen LogP contribution is -2.43. The summed E-state index contributed by atoms with van der Waals surface area (Å²) in [5, 5.41) is 24.3. The summed E-state index contributed by atoms with van der Waals surface area (Å²) < 4.78 is 5.28. The number of likely N-dealkylation sites (tertiary alicyclic amines) is 1. The molecule has 1 saturated heterocycles. The Morgan fingerprint density at radius 2 is 1.91 bits per heavy atom. The average molecular weight is 448 g/mol.